The van der Waals surface area contributed by atoms with Crippen LogP contribution in [-0.4, -0.2) is 25.2 Å². The van der Waals surface area contributed by atoms with Crippen molar-refractivity contribution in [2.24, 2.45) is 0 Å². The Morgan fingerprint density at radius 3 is 2.26 bits per heavy atom. The number of halogens is 3. The lowest BCUT2D eigenvalue weighted by Gasteiger charge is -2.35. The highest BCUT2D eigenvalue weighted by Crippen LogP contribution is 2.40. The Morgan fingerprint density at radius 1 is 1.11 bits per heavy atom. The number of rotatable bonds is 9. The summed E-state index contributed by atoms with van der Waals surface area (Å²) in [7, 11) is 1.80. The zero-order valence-corrected chi connectivity index (χ0v) is 17.0. The number of unbranched alkanes of at least 4 members (excludes halogenated alkanes) is 1. The fourth-order valence-corrected chi connectivity index (χ4v) is 3.25. The molecule has 0 aromatic heterocycles. The van der Waals surface area contributed by atoms with E-state index in [1.54, 1.807) is 33.9 Å². The van der Waals surface area contributed by atoms with E-state index in [4.69, 9.17) is 4.74 Å². The van der Waals surface area contributed by atoms with Gasteiger partial charge in [-0.15, -0.1) is 0 Å². The largest absolute Gasteiger partial charge is 0.460 e. The number of ether oxygens (including phenoxy) is 1. The summed E-state index contributed by atoms with van der Waals surface area (Å²) in [4.78, 5) is 12.6. The van der Waals surface area contributed by atoms with Gasteiger partial charge in [0.2, 0.25) is 0 Å². The van der Waals surface area contributed by atoms with E-state index >= 15 is 0 Å². The summed E-state index contributed by atoms with van der Waals surface area (Å²) >= 11 is 0. The second-order valence-electron chi connectivity index (χ2n) is 8.08. The molecule has 0 aliphatic carbocycles. The number of carbonyl (C=O) groups is 1. The van der Waals surface area contributed by atoms with Crippen molar-refractivity contribution in [3.05, 3.63) is 35.4 Å². The maximum Gasteiger partial charge on any atom is 0.416 e. The van der Waals surface area contributed by atoms with Crippen molar-refractivity contribution >= 4 is 5.97 Å². The Kier molecular flexibility index (Phi) is 8.33. The van der Waals surface area contributed by atoms with Gasteiger partial charge < -0.3 is 10.1 Å². The molecular weight excluding hydrogens is 355 g/mol. The van der Waals surface area contributed by atoms with Gasteiger partial charge in [-0.1, -0.05) is 38.0 Å². The number of hydrogen-bond acceptors (Lipinski definition) is 3. The Bertz CT molecular complexity index is 598. The standard InChI is InChI=1S/C21H32F3NO2/c1-6-7-11-20(12-13-25-5,15-18(26)27-19(2,3)4)16-9-8-10-17(14-16)21(22,23)24/h8-10,14,25H,6-7,11-13,15H2,1-5H3. The van der Waals surface area contributed by atoms with Crippen molar-refractivity contribution in [2.75, 3.05) is 13.6 Å². The maximum absolute atomic E-state index is 13.2. The quantitative estimate of drug-likeness (QED) is 0.571. The Balaban J connectivity index is 3.35. The van der Waals surface area contributed by atoms with Gasteiger partial charge in [0.05, 0.1) is 12.0 Å². The van der Waals surface area contributed by atoms with E-state index in [1.165, 1.54) is 12.1 Å². The lowest BCUT2D eigenvalue weighted by atomic mass is 9.71. The zero-order valence-electron chi connectivity index (χ0n) is 17.0. The molecule has 0 radical (unpaired) electrons. The third-order valence-electron chi connectivity index (χ3n) is 4.57. The van der Waals surface area contributed by atoms with Gasteiger partial charge >= 0.3 is 12.1 Å². The predicted octanol–water partition coefficient (Wildman–Crippen LogP) is 5.47. The van der Waals surface area contributed by atoms with E-state index < -0.39 is 22.8 Å². The van der Waals surface area contributed by atoms with Crippen molar-refractivity contribution in [2.45, 2.75) is 77.0 Å². The fourth-order valence-electron chi connectivity index (χ4n) is 3.25. The average Bonchev–Trinajstić information content (AvgIpc) is 2.55. The molecule has 27 heavy (non-hydrogen) atoms. The van der Waals surface area contributed by atoms with Crippen molar-refractivity contribution < 1.29 is 22.7 Å². The summed E-state index contributed by atoms with van der Waals surface area (Å²) in [6.07, 6.45) is -1.44. The van der Waals surface area contributed by atoms with Crippen LogP contribution in [0.4, 0.5) is 13.2 Å². The summed E-state index contributed by atoms with van der Waals surface area (Å²) in [5.41, 5.74) is -1.46. The molecule has 154 valence electrons. The molecule has 0 bridgehead atoms. The van der Waals surface area contributed by atoms with Crippen LogP contribution in [0.5, 0.6) is 0 Å². The molecule has 1 aromatic carbocycles. The smallest absolute Gasteiger partial charge is 0.416 e. The van der Waals surface area contributed by atoms with Crippen LogP contribution in [0.1, 0.15) is 70.9 Å². The van der Waals surface area contributed by atoms with Crippen molar-refractivity contribution in [1.29, 1.82) is 0 Å². The van der Waals surface area contributed by atoms with Gasteiger partial charge in [0.25, 0.3) is 0 Å². The SMILES string of the molecule is CCCCC(CCNC)(CC(=O)OC(C)(C)C)c1cccc(C(F)(F)F)c1. The zero-order chi connectivity index (χ0) is 20.7. The summed E-state index contributed by atoms with van der Waals surface area (Å²) in [6, 6.07) is 5.38. The molecule has 1 atom stereocenters. The first-order valence-electron chi connectivity index (χ1n) is 9.48. The Labute approximate surface area is 160 Å². The molecule has 0 aliphatic rings. The fraction of sp³-hybridized carbons (Fsp3) is 0.667. The Hall–Kier alpha value is -1.56. The lowest BCUT2D eigenvalue weighted by Crippen LogP contribution is -2.36. The van der Waals surface area contributed by atoms with Crippen LogP contribution >= 0.6 is 0 Å². The number of hydrogen-bond donors (Lipinski definition) is 1. The molecule has 0 aliphatic heterocycles. The molecular formula is C21H32F3NO2. The molecule has 0 heterocycles. The highest BCUT2D eigenvalue weighted by molar-refractivity contribution is 5.72. The molecule has 0 saturated heterocycles. The van der Waals surface area contributed by atoms with Crippen LogP contribution in [0.25, 0.3) is 0 Å². The van der Waals surface area contributed by atoms with Crippen molar-refractivity contribution in [1.82, 2.24) is 5.32 Å². The topological polar surface area (TPSA) is 38.3 Å². The third kappa shape index (κ3) is 7.53. The van der Waals surface area contributed by atoms with E-state index in [0.29, 0.717) is 24.9 Å². The number of carbonyl (C=O) groups excluding carboxylic acids is 1. The highest BCUT2D eigenvalue weighted by Gasteiger charge is 2.38. The van der Waals surface area contributed by atoms with Gasteiger partial charge in [0.1, 0.15) is 5.60 Å². The molecule has 0 saturated carbocycles. The summed E-state index contributed by atoms with van der Waals surface area (Å²) in [5, 5.41) is 3.06. The van der Waals surface area contributed by atoms with Crippen LogP contribution in [0.2, 0.25) is 0 Å². The first kappa shape index (κ1) is 23.5. The molecule has 1 aromatic rings. The van der Waals surface area contributed by atoms with Gasteiger partial charge in [0.15, 0.2) is 0 Å². The van der Waals surface area contributed by atoms with Crippen molar-refractivity contribution in [3.63, 3.8) is 0 Å². The maximum atomic E-state index is 13.2. The van der Waals surface area contributed by atoms with E-state index in [0.717, 1.165) is 18.9 Å². The van der Waals surface area contributed by atoms with Crippen molar-refractivity contribution in [3.8, 4) is 0 Å². The normalized spacial score (nSPS) is 14.7. The number of benzene rings is 1. The van der Waals surface area contributed by atoms with Gasteiger partial charge in [-0.25, -0.2) is 0 Å². The summed E-state index contributed by atoms with van der Waals surface area (Å²) in [6.45, 7) is 7.99. The minimum Gasteiger partial charge on any atom is -0.460 e. The molecule has 3 nitrogen and oxygen atoms in total. The van der Waals surface area contributed by atoms with Crippen LogP contribution in [0.3, 0.4) is 0 Å². The summed E-state index contributed by atoms with van der Waals surface area (Å²) in [5.74, 6) is -0.382. The molecule has 0 fully saturated rings. The lowest BCUT2D eigenvalue weighted by molar-refractivity contribution is -0.156. The van der Waals surface area contributed by atoms with Gasteiger partial charge in [0, 0.05) is 5.41 Å². The molecule has 6 heteroatoms. The van der Waals surface area contributed by atoms with Gasteiger partial charge in [-0.3, -0.25) is 4.79 Å². The monoisotopic (exact) mass is 387 g/mol. The average molecular weight is 387 g/mol. The molecule has 0 amide bonds. The van der Waals surface area contributed by atoms with E-state index in [2.05, 4.69) is 5.32 Å². The first-order chi connectivity index (χ1) is 12.4. The van der Waals surface area contributed by atoms with Crippen LogP contribution in [-0.2, 0) is 21.1 Å². The minimum absolute atomic E-state index is 0.0628. The number of nitrogens with one attached hydrogen (secondary N) is 1. The highest BCUT2D eigenvalue weighted by atomic mass is 19.4. The number of esters is 1. The van der Waals surface area contributed by atoms with E-state index in [9.17, 15) is 18.0 Å². The molecule has 0 spiro atoms. The van der Waals surface area contributed by atoms with E-state index in [-0.39, 0.29) is 12.4 Å². The third-order valence-corrected chi connectivity index (χ3v) is 4.57. The predicted molar refractivity (Wildman–Crippen MR) is 102 cm³/mol. The molecule has 1 unspecified atom stereocenters. The van der Waals surface area contributed by atoms with Crippen LogP contribution in [0.15, 0.2) is 24.3 Å². The van der Waals surface area contributed by atoms with Crippen LogP contribution in [0, 0.1) is 0 Å². The molecule has 1 rings (SSSR count). The molecule has 1 N–H and O–H groups in total. The van der Waals surface area contributed by atoms with Crippen LogP contribution < -0.4 is 5.32 Å². The first-order valence-corrected chi connectivity index (χ1v) is 9.48. The second-order valence-corrected chi connectivity index (χ2v) is 8.08. The van der Waals surface area contributed by atoms with E-state index in [1.807, 2.05) is 6.92 Å². The second kappa shape index (κ2) is 9.58. The Morgan fingerprint density at radius 2 is 1.74 bits per heavy atom. The number of alkyl halides is 3. The minimum atomic E-state index is -4.42. The van der Waals surface area contributed by atoms with Gasteiger partial charge in [-0.05, 0) is 58.8 Å². The summed E-state index contributed by atoms with van der Waals surface area (Å²) < 4.78 is 45.2. The van der Waals surface area contributed by atoms with Gasteiger partial charge in [-0.2, -0.15) is 13.2 Å².